The van der Waals surface area contributed by atoms with E-state index in [2.05, 4.69) is 32.7 Å². The molecule has 1 saturated heterocycles. The number of halogens is 3. The van der Waals surface area contributed by atoms with Crippen LogP contribution < -0.4 is 5.73 Å². The Morgan fingerprint density at radius 1 is 1.45 bits per heavy atom. The predicted molar refractivity (Wildman–Crippen MR) is 94.8 cm³/mol. The van der Waals surface area contributed by atoms with Crippen molar-refractivity contribution in [2.75, 3.05) is 13.1 Å². The van der Waals surface area contributed by atoms with Crippen LogP contribution >= 0.6 is 39.9 Å². The molecule has 0 atom stereocenters. The van der Waals surface area contributed by atoms with Crippen LogP contribution in [0.1, 0.15) is 25.3 Å². The fourth-order valence-electron chi connectivity index (χ4n) is 2.15. The van der Waals surface area contributed by atoms with Gasteiger partial charge >= 0.3 is 0 Å². The number of rotatable bonds is 2. The number of nitrogens with two attached hydrogens (primary N) is 1. The Morgan fingerprint density at radius 3 is 2.70 bits per heavy atom. The lowest BCUT2D eigenvalue weighted by atomic mass is 10.00. The van der Waals surface area contributed by atoms with Gasteiger partial charge in [-0.2, -0.15) is 0 Å². The molecule has 1 heterocycles. The highest BCUT2D eigenvalue weighted by Crippen LogP contribution is 2.18. The zero-order valence-electron chi connectivity index (χ0n) is 11.5. The zero-order chi connectivity index (χ0) is 13.8. The summed E-state index contributed by atoms with van der Waals surface area (Å²) in [6, 6.07) is 5.03. The minimum atomic E-state index is -0.266. The summed E-state index contributed by atoms with van der Waals surface area (Å²) in [5.41, 5.74) is 6.81. The molecule has 1 aromatic rings. The van der Waals surface area contributed by atoms with Gasteiger partial charge in [-0.25, -0.2) is 9.38 Å². The second-order valence-corrected chi connectivity index (χ2v) is 5.95. The molecule has 112 valence electrons. The lowest BCUT2D eigenvalue weighted by Gasteiger charge is -2.31. The Balaban J connectivity index is 0.00000200. The van der Waals surface area contributed by atoms with Gasteiger partial charge in [0.2, 0.25) is 0 Å². The van der Waals surface area contributed by atoms with E-state index in [1.165, 1.54) is 6.07 Å². The highest BCUT2D eigenvalue weighted by atomic mass is 127. The van der Waals surface area contributed by atoms with E-state index in [0.717, 1.165) is 37.4 Å². The summed E-state index contributed by atoms with van der Waals surface area (Å²) in [6.07, 6.45) is 2.31. The van der Waals surface area contributed by atoms with Crippen LogP contribution in [0.5, 0.6) is 0 Å². The van der Waals surface area contributed by atoms with Crippen molar-refractivity contribution in [2.45, 2.75) is 26.3 Å². The maximum atomic E-state index is 13.4. The van der Waals surface area contributed by atoms with Crippen LogP contribution in [-0.4, -0.2) is 23.9 Å². The van der Waals surface area contributed by atoms with Crippen molar-refractivity contribution in [2.24, 2.45) is 16.6 Å². The van der Waals surface area contributed by atoms with Gasteiger partial charge in [-0.1, -0.05) is 13.0 Å². The summed E-state index contributed by atoms with van der Waals surface area (Å²) in [7, 11) is 0. The standard InChI is InChI=1S/C14H19BrFN3.HI/c1-10-4-6-19(7-5-10)14(17)18-9-11-2-3-12(15)13(16)8-11;/h2-3,8,10H,4-7,9H2,1H3,(H2,17,18);1H. The number of hydrogen-bond donors (Lipinski definition) is 1. The number of nitrogens with zero attached hydrogens (tertiary/aromatic N) is 2. The second-order valence-electron chi connectivity index (χ2n) is 5.09. The van der Waals surface area contributed by atoms with Crippen LogP contribution in [0.3, 0.4) is 0 Å². The first kappa shape index (κ1) is 17.7. The molecular formula is C14H20BrFIN3. The van der Waals surface area contributed by atoms with E-state index >= 15 is 0 Å². The quantitative estimate of drug-likeness (QED) is 0.419. The van der Waals surface area contributed by atoms with Crippen molar-refractivity contribution in [1.29, 1.82) is 0 Å². The highest BCUT2D eigenvalue weighted by molar-refractivity contribution is 14.0. The molecule has 0 spiro atoms. The lowest BCUT2D eigenvalue weighted by Crippen LogP contribution is -2.42. The fraction of sp³-hybridized carbons (Fsp3) is 0.500. The van der Waals surface area contributed by atoms with Crippen LogP contribution in [-0.2, 0) is 6.54 Å². The third-order valence-corrected chi connectivity index (χ3v) is 4.16. The molecule has 0 amide bonds. The average molecular weight is 456 g/mol. The third-order valence-electron chi connectivity index (χ3n) is 3.52. The monoisotopic (exact) mass is 455 g/mol. The van der Waals surface area contributed by atoms with Gasteiger partial charge in [-0.05, 0) is 52.4 Å². The topological polar surface area (TPSA) is 41.6 Å². The van der Waals surface area contributed by atoms with Crippen LogP contribution in [0.15, 0.2) is 27.7 Å². The first-order chi connectivity index (χ1) is 9.06. The SMILES string of the molecule is CC1CCN(C(N)=NCc2ccc(Br)c(F)c2)CC1.I. The Bertz CT molecular complexity index is 473. The Kier molecular flexibility index (Phi) is 7.22. The third kappa shape index (κ3) is 4.87. The first-order valence-corrected chi connectivity index (χ1v) is 7.34. The summed E-state index contributed by atoms with van der Waals surface area (Å²) in [6.45, 7) is 4.60. The van der Waals surface area contributed by atoms with Crippen LogP contribution in [0.2, 0.25) is 0 Å². The van der Waals surface area contributed by atoms with Gasteiger partial charge in [0.15, 0.2) is 5.96 Å². The summed E-state index contributed by atoms with van der Waals surface area (Å²) in [5, 5.41) is 0. The molecule has 0 saturated carbocycles. The molecule has 6 heteroatoms. The van der Waals surface area contributed by atoms with Crippen molar-refractivity contribution in [3.63, 3.8) is 0 Å². The number of guanidine groups is 1. The summed E-state index contributed by atoms with van der Waals surface area (Å²) in [4.78, 5) is 6.46. The molecule has 0 aliphatic carbocycles. The van der Waals surface area contributed by atoms with Crippen LogP contribution in [0.4, 0.5) is 4.39 Å². The van der Waals surface area contributed by atoms with Gasteiger partial charge in [0, 0.05) is 13.1 Å². The first-order valence-electron chi connectivity index (χ1n) is 6.55. The Morgan fingerprint density at radius 2 is 2.10 bits per heavy atom. The fourth-order valence-corrected chi connectivity index (χ4v) is 2.39. The van der Waals surface area contributed by atoms with E-state index in [4.69, 9.17) is 5.73 Å². The molecule has 1 aliphatic heterocycles. The molecular weight excluding hydrogens is 436 g/mol. The second kappa shape index (κ2) is 8.17. The number of aliphatic imine (C=N–C) groups is 1. The average Bonchev–Trinajstić information content (AvgIpc) is 2.40. The van der Waals surface area contributed by atoms with Crippen molar-refractivity contribution in [3.05, 3.63) is 34.1 Å². The largest absolute Gasteiger partial charge is 0.370 e. The van der Waals surface area contributed by atoms with Crippen molar-refractivity contribution in [3.8, 4) is 0 Å². The maximum absolute atomic E-state index is 13.4. The van der Waals surface area contributed by atoms with Gasteiger partial charge in [0.1, 0.15) is 5.82 Å². The molecule has 2 N–H and O–H groups in total. The van der Waals surface area contributed by atoms with Gasteiger partial charge in [-0.3, -0.25) is 0 Å². The van der Waals surface area contributed by atoms with E-state index in [1.54, 1.807) is 6.07 Å². The Hall–Kier alpha value is -0.370. The van der Waals surface area contributed by atoms with Crippen molar-refractivity contribution < 1.29 is 4.39 Å². The van der Waals surface area contributed by atoms with Gasteiger partial charge in [-0.15, -0.1) is 24.0 Å². The van der Waals surface area contributed by atoms with Gasteiger partial charge < -0.3 is 10.6 Å². The lowest BCUT2D eigenvalue weighted by molar-refractivity contribution is 0.277. The molecule has 3 nitrogen and oxygen atoms in total. The molecule has 1 fully saturated rings. The highest BCUT2D eigenvalue weighted by Gasteiger charge is 2.16. The van der Waals surface area contributed by atoms with Gasteiger partial charge in [0.05, 0.1) is 11.0 Å². The van der Waals surface area contributed by atoms with E-state index < -0.39 is 0 Å². The number of likely N-dealkylation sites (tertiary alicyclic amines) is 1. The van der Waals surface area contributed by atoms with Crippen LogP contribution in [0, 0.1) is 11.7 Å². The molecule has 20 heavy (non-hydrogen) atoms. The molecule has 0 bridgehead atoms. The summed E-state index contributed by atoms with van der Waals surface area (Å²) in [5.74, 6) is 1.07. The van der Waals surface area contributed by atoms with E-state index in [9.17, 15) is 4.39 Å². The maximum Gasteiger partial charge on any atom is 0.191 e. The van der Waals surface area contributed by atoms with E-state index in [1.807, 2.05) is 6.07 Å². The summed E-state index contributed by atoms with van der Waals surface area (Å²) >= 11 is 3.13. The molecule has 1 aliphatic rings. The van der Waals surface area contributed by atoms with E-state index in [0.29, 0.717) is 17.0 Å². The number of benzene rings is 1. The molecule has 0 radical (unpaired) electrons. The molecule has 0 unspecified atom stereocenters. The van der Waals surface area contributed by atoms with Crippen molar-refractivity contribution >= 4 is 45.9 Å². The van der Waals surface area contributed by atoms with Crippen LogP contribution in [0.25, 0.3) is 0 Å². The zero-order valence-corrected chi connectivity index (χ0v) is 15.4. The normalized spacial score (nSPS) is 16.9. The molecule has 0 aromatic heterocycles. The minimum Gasteiger partial charge on any atom is -0.370 e. The molecule has 2 rings (SSSR count). The predicted octanol–water partition coefficient (Wildman–Crippen LogP) is 3.75. The number of hydrogen-bond acceptors (Lipinski definition) is 1. The minimum absolute atomic E-state index is 0. The Labute approximate surface area is 145 Å². The summed E-state index contributed by atoms with van der Waals surface area (Å²) < 4.78 is 13.8. The van der Waals surface area contributed by atoms with Gasteiger partial charge in [0.25, 0.3) is 0 Å². The van der Waals surface area contributed by atoms with Crippen molar-refractivity contribution in [1.82, 2.24) is 4.90 Å². The number of piperidine rings is 1. The molecule has 1 aromatic carbocycles. The van der Waals surface area contributed by atoms with E-state index in [-0.39, 0.29) is 29.8 Å². The smallest absolute Gasteiger partial charge is 0.191 e.